The third-order valence-corrected chi connectivity index (χ3v) is 3.83. The first-order valence-corrected chi connectivity index (χ1v) is 6.47. The molecule has 0 aliphatic rings. The van der Waals surface area contributed by atoms with Gasteiger partial charge in [-0.15, -0.1) is 0 Å². The van der Waals surface area contributed by atoms with E-state index in [4.69, 9.17) is 9.52 Å². The summed E-state index contributed by atoms with van der Waals surface area (Å²) in [5, 5.41) is 8.75. The minimum Gasteiger partial charge on any atom is -0.478 e. The van der Waals surface area contributed by atoms with Crippen molar-refractivity contribution in [3.8, 4) is 0 Å². The van der Waals surface area contributed by atoms with Gasteiger partial charge in [0.2, 0.25) is 0 Å². The fraction of sp³-hybridized carbons (Fsp3) is 0. The van der Waals surface area contributed by atoms with Crippen LogP contribution in [0.25, 0.3) is 0 Å². The average molecular weight is 373 g/mol. The van der Waals surface area contributed by atoms with Gasteiger partial charge in [0.15, 0.2) is 4.67 Å². The first-order chi connectivity index (χ1) is 8.56. The fourth-order valence-corrected chi connectivity index (χ4v) is 1.86. The number of carboxylic acid groups (broad SMARTS) is 1. The zero-order valence-electron chi connectivity index (χ0n) is 8.93. The maximum Gasteiger partial charge on any atom is 0.335 e. The molecule has 0 aliphatic carbocycles. The third-order valence-electron chi connectivity index (χ3n) is 2.12. The van der Waals surface area contributed by atoms with Gasteiger partial charge < -0.3 is 9.52 Å². The zero-order valence-corrected chi connectivity index (χ0v) is 12.1. The maximum atomic E-state index is 10.7. The predicted molar refractivity (Wildman–Crippen MR) is 74.8 cm³/mol. The number of aromatic carboxylic acids is 1. The van der Waals surface area contributed by atoms with Crippen LogP contribution in [0.15, 0.2) is 48.9 Å². The zero-order chi connectivity index (χ0) is 13.1. The Labute approximate surface area is 120 Å². The van der Waals surface area contributed by atoms with Crippen molar-refractivity contribution < 1.29 is 14.3 Å². The molecule has 1 N–H and O–H groups in total. The molecule has 6 heteroatoms. The second-order valence-electron chi connectivity index (χ2n) is 3.38. The van der Waals surface area contributed by atoms with Crippen molar-refractivity contribution in [2.24, 2.45) is 4.99 Å². The summed E-state index contributed by atoms with van der Waals surface area (Å²) in [6.45, 7) is 0. The summed E-state index contributed by atoms with van der Waals surface area (Å²) in [6, 6.07) is 8.05. The molecule has 0 spiro atoms. The van der Waals surface area contributed by atoms with Gasteiger partial charge in [-0.1, -0.05) is 0 Å². The lowest BCUT2D eigenvalue weighted by atomic mass is 10.2. The van der Waals surface area contributed by atoms with Crippen molar-refractivity contribution in [3.63, 3.8) is 0 Å². The van der Waals surface area contributed by atoms with Gasteiger partial charge in [0.1, 0.15) is 5.76 Å². The molecule has 1 aromatic carbocycles. The topological polar surface area (TPSA) is 62.8 Å². The number of hydrogen-bond acceptors (Lipinski definition) is 3. The molecule has 0 aliphatic heterocycles. The molecule has 2 rings (SSSR count). The first kappa shape index (κ1) is 13.0. The summed E-state index contributed by atoms with van der Waals surface area (Å²) in [5.74, 6) is -0.361. The lowest BCUT2D eigenvalue weighted by Crippen LogP contribution is -1.94. The number of benzene rings is 1. The van der Waals surface area contributed by atoms with Crippen LogP contribution in [-0.2, 0) is 0 Å². The lowest BCUT2D eigenvalue weighted by Gasteiger charge is -1.94. The van der Waals surface area contributed by atoms with Crippen molar-refractivity contribution in [1.82, 2.24) is 0 Å². The molecule has 1 heterocycles. The molecule has 0 unspecified atom stereocenters. The first-order valence-electron chi connectivity index (χ1n) is 4.88. The van der Waals surface area contributed by atoms with Crippen LogP contribution in [0.2, 0.25) is 0 Å². The number of carbonyl (C=O) groups is 1. The third kappa shape index (κ3) is 3.08. The van der Waals surface area contributed by atoms with Gasteiger partial charge in [0.05, 0.1) is 21.9 Å². The second-order valence-corrected chi connectivity index (χ2v) is 4.96. The molecule has 0 amide bonds. The summed E-state index contributed by atoms with van der Waals surface area (Å²) in [6.07, 6.45) is 1.56. The quantitative estimate of drug-likeness (QED) is 0.819. The largest absolute Gasteiger partial charge is 0.478 e. The van der Waals surface area contributed by atoms with E-state index in [-0.39, 0.29) is 5.56 Å². The molecule has 0 saturated heterocycles. The summed E-state index contributed by atoms with van der Waals surface area (Å²) in [5.41, 5.74) is 0.890. The van der Waals surface area contributed by atoms with Crippen LogP contribution >= 0.6 is 31.9 Å². The van der Waals surface area contributed by atoms with Crippen LogP contribution in [0.3, 0.4) is 0 Å². The number of rotatable bonds is 3. The van der Waals surface area contributed by atoms with Crippen molar-refractivity contribution in [2.75, 3.05) is 0 Å². The number of aliphatic imine (C=N–C) groups is 1. The van der Waals surface area contributed by atoms with Crippen molar-refractivity contribution in [1.29, 1.82) is 0 Å². The Morgan fingerprint density at radius 2 is 1.94 bits per heavy atom. The number of halogens is 2. The van der Waals surface area contributed by atoms with Crippen molar-refractivity contribution in [2.45, 2.75) is 0 Å². The van der Waals surface area contributed by atoms with Crippen molar-refractivity contribution >= 4 is 49.7 Å². The van der Waals surface area contributed by atoms with E-state index in [1.54, 1.807) is 24.4 Å². The van der Waals surface area contributed by atoms with E-state index in [9.17, 15) is 4.79 Å². The maximum absolute atomic E-state index is 10.7. The van der Waals surface area contributed by atoms with Gasteiger partial charge in [-0.05, 0) is 56.1 Å². The normalized spacial score (nSPS) is 11.0. The highest BCUT2D eigenvalue weighted by atomic mass is 79.9. The summed E-state index contributed by atoms with van der Waals surface area (Å²) in [7, 11) is 0. The highest BCUT2D eigenvalue weighted by molar-refractivity contribution is 9.13. The van der Waals surface area contributed by atoms with Gasteiger partial charge in [0.25, 0.3) is 0 Å². The van der Waals surface area contributed by atoms with E-state index in [1.807, 2.05) is 0 Å². The van der Waals surface area contributed by atoms with Crippen LogP contribution in [0.4, 0.5) is 5.69 Å². The Morgan fingerprint density at radius 1 is 1.28 bits per heavy atom. The van der Waals surface area contributed by atoms with Gasteiger partial charge in [-0.2, -0.15) is 0 Å². The summed E-state index contributed by atoms with van der Waals surface area (Å²) >= 11 is 6.53. The number of furan rings is 1. The van der Waals surface area contributed by atoms with Crippen LogP contribution < -0.4 is 0 Å². The monoisotopic (exact) mass is 371 g/mol. The molecule has 92 valence electrons. The molecule has 0 radical (unpaired) electrons. The van der Waals surface area contributed by atoms with Crippen LogP contribution in [0, 0.1) is 0 Å². The van der Waals surface area contributed by atoms with E-state index in [0.29, 0.717) is 16.1 Å². The lowest BCUT2D eigenvalue weighted by molar-refractivity contribution is 0.0697. The predicted octanol–water partition coefficient (Wildman–Crippen LogP) is 4.25. The number of carboxylic acids is 1. The molecule has 0 atom stereocenters. The van der Waals surface area contributed by atoms with Crippen molar-refractivity contribution in [3.05, 3.63) is 50.8 Å². The van der Waals surface area contributed by atoms with E-state index < -0.39 is 5.97 Å². The van der Waals surface area contributed by atoms with Crippen LogP contribution in [0.1, 0.15) is 16.1 Å². The molecular formula is C12H7Br2NO3. The van der Waals surface area contributed by atoms with Gasteiger partial charge in [-0.25, -0.2) is 4.79 Å². The van der Waals surface area contributed by atoms with E-state index >= 15 is 0 Å². The van der Waals surface area contributed by atoms with Gasteiger partial charge in [0, 0.05) is 6.07 Å². The van der Waals surface area contributed by atoms with Crippen LogP contribution in [0.5, 0.6) is 0 Å². The minimum absolute atomic E-state index is 0.234. The smallest absolute Gasteiger partial charge is 0.335 e. The Balaban J connectivity index is 2.16. The number of nitrogens with zero attached hydrogens (tertiary/aromatic N) is 1. The van der Waals surface area contributed by atoms with Gasteiger partial charge in [-0.3, -0.25) is 4.99 Å². The summed E-state index contributed by atoms with van der Waals surface area (Å²) < 4.78 is 6.74. The Bertz CT molecular complexity index is 583. The molecular weight excluding hydrogens is 366 g/mol. The average Bonchev–Trinajstić information content (AvgIpc) is 2.67. The second kappa shape index (κ2) is 5.49. The Morgan fingerprint density at radius 3 is 2.44 bits per heavy atom. The molecule has 4 nitrogen and oxygen atoms in total. The van der Waals surface area contributed by atoms with Crippen LogP contribution in [-0.4, -0.2) is 17.3 Å². The minimum atomic E-state index is -0.954. The summed E-state index contributed by atoms with van der Waals surface area (Å²) in [4.78, 5) is 14.8. The highest BCUT2D eigenvalue weighted by Crippen LogP contribution is 2.26. The SMILES string of the molecule is O=C(O)c1ccc(N=Cc2cc(Br)c(Br)o2)cc1. The van der Waals surface area contributed by atoms with Gasteiger partial charge >= 0.3 is 5.97 Å². The molecule has 0 fully saturated rings. The highest BCUT2D eigenvalue weighted by Gasteiger charge is 2.04. The molecule has 18 heavy (non-hydrogen) atoms. The van der Waals surface area contributed by atoms with E-state index in [0.717, 1.165) is 4.47 Å². The molecule has 2 aromatic rings. The molecule has 1 aromatic heterocycles. The van der Waals surface area contributed by atoms with E-state index in [1.165, 1.54) is 12.1 Å². The Hall–Kier alpha value is -1.40. The van der Waals surface area contributed by atoms with E-state index in [2.05, 4.69) is 36.9 Å². The molecule has 0 saturated carbocycles. The molecule has 0 bridgehead atoms. The standard InChI is InChI=1S/C12H7Br2NO3/c13-10-5-9(18-11(10)14)6-15-8-3-1-7(2-4-8)12(16)17/h1-6H,(H,16,17). The fourth-order valence-electron chi connectivity index (χ4n) is 1.26. The Kier molecular flexibility index (Phi) is 3.98. The number of hydrogen-bond donors (Lipinski definition) is 1.